The summed E-state index contributed by atoms with van der Waals surface area (Å²) in [6, 6.07) is 18.5. The fraction of sp³-hybridized carbons (Fsp3) is 0.154. The van der Waals surface area contributed by atoms with Gasteiger partial charge < -0.3 is 29.1 Å². The molecule has 2 unspecified atom stereocenters. The van der Waals surface area contributed by atoms with Gasteiger partial charge in [-0.1, -0.05) is 18.2 Å². The molecule has 5 rings (SSSR count). The Morgan fingerprint density at radius 3 is 2.50 bits per heavy atom. The number of rotatable bonds is 5. The number of phenols is 1. The summed E-state index contributed by atoms with van der Waals surface area (Å²) in [7, 11) is 2.98. The number of anilines is 1. The molecule has 1 aliphatic rings. The number of amides is 1. The molecule has 1 aromatic heterocycles. The summed E-state index contributed by atoms with van der Waals surface area (Å²) in [6.07, 6.45) is -1.07. The van der Waals surface area contributed by atoms with E-state index in [1.165, 1.54) is 13.2 Å². The first-order valence-corrected chi connectivity index (χ1v) is 10.5. The zero-order chi connectivity index (χ0) is 23.8. The normalized spacial score (nSPS) is 16.5. The molecule has 8 nitrogen and oxygen atoms in total. The third-order valence-electron chi connectivity index (χ3n) is 5.84. The lowest BCUT2D eigenvalue weighted by Gasteiger charge is -2.19. The van der Waals surface area contributed by atoms with Crippen LogP contribution < -0.4 is 25.2 Å². The molecule has 0 saturated carbocycles. The summed E-state index contributed by atoms with van der Waals surface area (Å²) in [4.78, 5) is 26.5. The minimum Gasteiger partial charge on any atom is -0.504 e. The van der Waals surface area contributed by atoms with Gasteiger partial charge in [0.15, 0.2) is 17.6 Å². The first-order chi connectivity index (χ1) is 16.5. The molecule has 0 bridgehead atoms. The maximum atomic E-state index is 13.4. The van der Waals surface area contributed by atoms with Crippen molar-refractivity contribution in [2.75, 3.05) is 19.5 Å². The smallest absolute Gasteiger partial charge is 0.344 e. The highest BCUT2D eigenvalue weighted by Gasteiger charge is 2.44. The second kappa shape index (κ2) is 8.47. The lowest BCUT2D eigenvalue weighted by molar-refractivity contribution is -0.122. The van der Waals surface area contributed by atoms with Gasteiger partial charge in [0, 0.05) is 5.69 Å². The summed E-state index contributed by atoms with van der Waals surface area (Å²) >= 11 is 0. The summed E-state index contributed by atoms with van der Waals surface area (Å²) in [6.45, 7) is 0. The highest BCUT2D eigenvalue weighted by molar-refractivity contribution is 5.97. The minimum absolute atomic E-state index is 0.0600. The van der Waals surface area contributed by atoms with Crippen molar-refractivity contribution in [1.82, 2.24) is 0 Å². The highest BCUT2D eigenvalue weighted by Crippen LogP contribution is 2.45. The van der Waals surface area contributed by atoms with Crippen LogP contribution in [0, 0.1) is 0 Å². The van der Waals surface area contributed by atoms with Gasteiger partial charge in [-0.25, -0.2) is 4.79 Å². The maximum absolute atomic E-state index is 13.4. The molecule has 172 valence electrons. The molecule has 2 N–H and O–H groups in total. The van der Waals surface area contributed by atoms with Crippen LogP contribution in [0.4, 0.5) is 5.69 Å². The lowest BCUT2D eigenvalue weighted by Crippen LogP contribution is -2.35. The Kier molecular flexibility index (Phi) is 5.33. The van der Waals surface area contributed by atoms with Crippen molar-refractivity contribution in [1.29, 1.82) is 0 Å². The van der Waals surface area contributed by atoms with Crippen molar-refractivity contribution in [3.05, 3.63) is 88.3 Å². The van der Waals surface area contributed by atoms with Gasteiger partial charge >= 0.3 is 5.63 Å². The third-order valence-corrected chi connectivity index (χ3v) is 5.84. The predicted octanol–water partition coefficient (Wildman–Crippen LogP) is 4.05. The van der Waals surface area contributed by atoms with Crippen molar-refractivity contribution in [3.63, 3.8) is 0 Å². The van der Waals surface area contributed by atoms with E-state index < -0.39 is 23.6 Å². The van der Waals surface area contributed by atoms with Crippen LogP contribution in [0.15, 0.2) is 75.9 Å². The van der Waals surface area contributed by atoms with Gasteiger partial charge in [0.05, 0.1) is 31.1 Å². The van der Waals surface area contributed by atoms with Crippen molar-refractivity contribution < 1.29 is 28.5 Å². The fourth-order valence-electron chi connectivity index (χ4n) is 4.20. The number of aromatic hydroxyl groups is 1. The van der Waals surface area contributed by atoms with Crippen LogP contribution in [0.1, 0.15) is 17.0 Å². The van der Waals surface area contributed by atoms with E-state index in [-0.39, 0.29) is 17.1 Å². The number of nitrogens with one attached hydrogen (secondary N) is 1. The van der Waals surface area contributed by atoms with Crippen molar-refractivity contribution in [2.24, 2.45) is 0 Å². The largest absolute Gasteiger partial charge is 0.504 e. The van der Waals surface area contributed by atoms with Gasteiger partial charge in [0.1, 0.15) is 17.1 Å². The summed E-state index contributed by atoms with van der Waals surface area (Å²) in [5.74, 6) is -0.120. The quantitative estimate of drug-likeness (QED) is 0.434. The van der Waals surface area contributed by atoms with E-state index in [1.807, 2.05) is 0 Å². The third kappa shape index (κ3) is 3.59. The number of hydrogen-bond donors (Lipinski definition) is 2. The van der Waals surface area contributed by atoms with Gasteiger partial charge in [-0.3, -0.25) is 4.79 Å². The Morgan fingerprint density at radius 2 is 1.76 bits per heavy atom. The van der Waals surface area contributed by atoms with Crippen LogP contribution in [0.3, 0.4) is 0 Å². The van der Waals surface area contributed by atoms with E-state index in [2.05, 4.69) is 5.32 Å². The number of carbonyl (C=O) groups excluding carboxylic acids is 1. The van der Waals surface area contributed by atoms with Crippen LogP contribution in [0.25, 0.3) is 11.0 Å². The number of fused-ring (bicyclic) bond motifs is 3. The SMILES string of the molecule is COc1ccc(NC(=O)C2Oc3c(c(=O)oc4ccccc34)C2c2ccc(O)c(OC)c2)cc1. The molecular formula is C26H21NO7. The average Bonchev–Trinajstić information content (AvgIpc) is 3.27. The minimum atomic E-state index is -1.07. The number of carbonyl (C=O) groups is 1. The summed E-state index contributed by atoms with van der Waals surface area (Å²) in [5.41, 5.74) is 1.12. The zero-order valence-electron chi connectivity index (χ0n) is 18.4. The predicted molar refractivity (Wildman–Crippen MR) is 125 cm³/mol. The molecule has 2 atom stereocenters. The molecule has 0 saturated heterocycles. The average molecular weight is 459 g/mol. The monoisotopic (exact) mass is 459 g/mol. The molecular weight excluding hydrogens is 438 g/mol. The summed E-state index contributed by atoms with van der Waals surface area (Å²) < 4.78 is 22.1. The van der Waals surface area contributed by atoms with E-state index >= 15 is 0 Å². The van der Waals surface area contributed by atoms with Crippen molar-refractivity contribution in [3.8, 4) is 23.0 Å². The highest BCUT2D eigenvalue weighted by atomic mass is 16.5. The van der Waals surface area contributed by atoms with Gasteiger partial charge in [-0.05, 0) is 54.1 Å². The number of ether oxygens (including phenoxy) is 3. The zero-order valence-corrected chi connectivity index (χ0v) is 18.4. The van der Waals surface area contributed by atoms with Gasteiger partial charge in [0.25, 0.3) is 5.91 Å². The van der Waals surface area contributed by atoms with E-state index in [0.29, 0.717) is 33.7 Å². The molecule has 4 aromatic rings. The Hall–Kier alpha value is -4.46. The van der Waals surface area contributed by atoms with Gasteiger partial charge in [-0.15, -0.1) is 0 Å². The molecule has 0 radical (unpaired) electrons. The lowest BCUT2D eigenvalue weighted by atomic mass is 9.88. The Balaban J connectivity index is 1.62. The van der Waals surface area contributed by atoms with Crippen LogP contribution in [0.5, 0.6) is 23.0 Å². The van der Waals surface area contributed by atoms with Crippen LogP contribution in [-0.4, -0.2) is 31.3 Å². The number of benzene rings is 3. The fourth-order valence-corrected chi connectivity index (χ4v) is 4.20. The van der Waals surface area contributed by atoms with Crippen molar-refractivity contribution in [2.45, 2.75) is 12.0 Å². The molecule has 0 fully saturated rings. The van der Waals surface area contributed by atoms with Crippen LogP contribution in [-0.2, 0) is 4.79 Å². The molecule has 3 aromatic carbocycles. The number of phenolic OH excluding ortho intramolecular Hbond substituents is 1. The second-order valence-corrected chi connectivity index (χ2v) is 7.79. The van der Waals surface area contributed by atoms with E-state index in [0.717, 1.165) is 0 Å². The van der Waals surface area contributed by atoms with Gasteiger partial charge in [-0.2, -0.15) is 0 Å². The van der Waals surface area contributed by atoms with Crippen LogP contribution >= 0.6 is 0 Å². The Morgan fingerprint density at radius 1 is 1.00 bits per heavy atom. The number of hydrogen-bond acceptors (Lipinski definition) is 7. The molecule has 34 heavy (non-hydrogen) atoms. The van der Waals surface area contributed by atoms with Crippen LogP contribution in [0.2, 0.25) is 0 Å². The first-order valence-electron chi connectivity index (χ1n) is 10.5. The Bertz CT molecular complexity index is 1440. The van der Waals surface area contributed by atoms with E-state index in [9.17, 15) is 14.7 Å². The molecule has 8 heteroatoms. The molecule has 1 amide bonds. The van der Waals surface area contributed by atoms with Crippen molar-refractivity contribution >= 4 is 22.6 Å². The second-order valence-electron chi connectivity index (χ2n) is 7.79. The summed E-state index contributed by atoms with van der Waals surface area (Å²) in [5, 5.41) is 13.5. The Labute approximate surface area is 194 Å². The number of para-hydroxylation sites is 1. The first kappa shape index (κ1) is 21.4. The van der Waals surface area contributed by atoms with Gasteiger partial charge in [0.2, 0.25) is 0 Å². The molecule has 1 aliphatic heterocycles. The molecule has 0 spiro atoms. The number of methoxy groups -OCH3 is 2. The van der Waals surface area contributed by atoms with E-state index in [4.69, 9.17) is 18.6 Å². The standard InChI is InChI=1S/C26H21NO7/c1-31-16-10-8-15(9-11-16)27-25(29)24-21(14-7-12-18(28)20(13-14)32-2)22-23(34-24)17-5-3-4-6-19(17)33-26(22)30/h3-13,21,24,28H,1-2H3,(H,27,29). The van der Waals surface area contributed by atoms with E-state index in [1.54, 1.807) is 67.8 Å². The maximum Gasteiger partial charge on any atom is 0.344 e. The molecule has 0 aliphatic carbocycles. The topological polar surface area (TPSA) is 107 Å². The molecule has 2 heterocycles.